The molecule has 0 aliphatic carbocycles. The first-order valence-corrected chi connectivity index (χ1v) is 5.05. The molecule has 72 valence electrons. The second kappa shape index (κ2) is 3.63. The lowest BCUT2D eigenvalue weighted by atomic mass is 10.2. The van der Waals surface area contributed by atoms with Crippen molar-refractivity contribution in [1.29, 1.82) is 0 Å². The minimum absolute atomic E-state index is 0.249. The van der Waals surface area contributed by atoms with Crippen LogP contribution in [0.3, 0.4) is 0 Å². The van der Waals surface area contributed by atoms with E-state index in [0.29, 0.717) is 0 Å². The van der Waals surface area contributed by atoms with Crippen LogP contribution in [0.5, 0.6) is 0 Å². The van der Waals surface area contributed by atoms with Crippen LogP contribution in [0.15, 0.2) is 29.2 Å². The summed E-state index contributed by atoms with van der Waals surface area (Å²) in [5.74, 6) is 0.249. The highest BCUT2D eigenvalue weighted by atomic mass is 32.1. The third kappa shape index (κ3) is 1.42. The summed E-state index contributed by atoms with van der Waals surface area (Å²) in [6.45, 7) is 1.79. The topological polar surface area (TPSA) is 50.9 Å². The number of thiophene rings is 1. The molecule has 0 fully saturated rings. The summed E-state index contributed by atoms with van der Waals surface area (Å²) in [7, 11) is 0. The lowest BCUT2D eigenvalue weighted by molar-refractivity contribution is 0.510. The summed E-state index contributed by atoms with van der Waals surface area (Å²) >= 11 is 1.51. The second-order valence-electron chi connectivity index (χ2n) is 2.66. The Morgan fingerprint density at radius 2 is 2.14 bits per heavy atom. The fourth-order valence-electron chi connectivity index (χ4n) is 1.13. The van der Waals surface area contributed by atoms with Crippen molar-refractivity contribution >= 4 is 17.1 Å². The van der Waals surface area contributed by atoms with Crippen molar-refractivity contribution in [3.63, 3.8) is 0 Å². The fourth-order valence-corrected chi connectivity index (χ4v) is 1.93. The zero-order valence-electron chi connectivity index (χ0n) is 7.58. The van der Waals surface area contributed by atoms with Crippen molar-refractivity contribution in [3.05, 3.63) is 34.8 Å². The summed E-state index contributed by atoms with van der Waals surface area (Å²) in [4.78, 5) is 1.49. The molecule has 5 heteroatoms. The molecule has 2 heterocycles. The molecule has 0 aliphatic heterocycles. The van der Waals surface area contributed by atoms with E-state index >= 15 is 0 Å². The van der Waals surface area contributed by atoms with E-state index in [1.54, 1.807) is 25.4 Å². The Kier molecular flexibility index (Phi) is 2.32. The van der Waals surface area contributed by atoms with Crippen LogP contribution in [-0.2, 0) is 0 Å². The summed E-state index contributed by atoms with van der Waals surface area (Å²) in [5.41, 5.74) is 1.56. The van der Waals surface area contributed by atoms with Crippen molar-refractivity contribution in [2.24, 2.45) is 0 Å². The van der Waals surface area contributed by atoms with Crippen molar-refractivity contribution in [2.75, 3.05) is 0 Å². The van der Waals surface area contributed by atoms with Crippen LogP contribution in [0.1, 0.15) is 12.5 Å². The third-order valence-electron chi connectivity index (χ3n) is 1.83. The first kappa shape index (κ1) is 8.96. The highest BCUT2D eigenvalue weighted by Gasteiger charge is 2.09. The molecule has 14 heavy (non-hydrogen) atoms. The highest BCUT2D eigenvalue weighted by molar-refractivity contribution is 7.08. The molecule has 2 aromatic rings. The molecule has 0 aliphatic rings. The van der Waals surface area contributed by atoms with Gasteiger partial charge < -0.3 is 5.11 Å². The van der Waals surface area contributed by atoms with E-state index in [1.807, 2.05) is 10.8 Å². The number of aliphatic hydroxyl groups is 1. The van der Waals surface area contributed by atoms with E-state index in [2.05, 4.69) is 10.2 Å². The molecule has 0 atom stereocenters. The summed E-state index contributed by atoms with van der Waals surface area (Å²) in [6, 6.07) is 0. The molecule has 2 aromatic heterocycles. The molecular formula is C9H9N3OS. The zero-order valence-corrected chi connectivity index (χ0v) is 8.40. The van der Waals surface area contributed by atoms with Crippen molar-refractivity contribution in [3.8, 4) is 5.69 Å². The van der Waals surface area contributed by atoms with Crippen LogP contribution >= 0.6 is 11.3 Å². The van der Waals surface area contributed by atoms with Crippen LogP contribution in [0.25, 0.3) is 11.4 Å². The van der Waals surface area contributed by atoms with Crippen molar-refractivity contribution in [1.82, 2.24) is 15.0 Å². The van der Waals surface area contributed by atoms with Gasteiger partial charge in [0.05, 0.1) is 18.0 Å². The molecule has 4 nitrogen and oxygen atoms in total. The number of nitrogens with zero attached hydrogens (tertiary/aromatic N) is 3. The molecule has 0 saturated heterocycles. The molecule has 1 N–H and O–H groups in total. The van der Waals surface area contributed by atoms with E-state index in [0.717, 1.165) is 11.3 Å². The van der Waals surface area contributed by atoms with Crippen LogP contribution in [0.2, 0.25) is 0 Å². The van der Waals surface area contributed by atoms with E-state index in [-0.39, 0.29) is 5.76 Å². The predicted molar refractivity (Wildman–Crippen MR) is 55.5 cm³/mol. The smallest absolute Gasteiger partial charge is 0.121 e. The van der Waals surface area contributed by atoms with Gasteiger partial charge in [0.15, 0.2) is 0 Å². The van der Waals surface area contributed by atoms with Gasteiger partial charge in [-0.05, 0) is 13.0 Å². The first-order valence-electron chi connectivity index (χ1n) is 4.11. The van der Waals surface area contributed by atoms with E-state index < -0.39 is 0 Å². The first-order chi connectivity index (χ1) is 6.83. The summed E-state index contributed by atoms with van der Waals surface area (Å²) < 4.78 is 0. The average molecular weight is 207 g/mol. The minimum atomic E-state index is 0.249. The maximum Gasteiger partial charge on any atom is 0.121 e. The normalized spacial score (nSPS) is 11.9. The standard InChI is InChI=1S/C9H9N3OS/c1-2-9(13)7-5-14-6-8(7)12-10-3-4-11-12/h2-6,13H,1H3. The van der Waals surface area contributed by atoms with E-state index in [9.17, 15) is 5.11 Å². The van der Waals surface area contributed by atoms with Gasteiger partial charge in [0.2, 0.25) is 0 Å². The van der Waals surface area contributed by atoms with E-state index in [1.165, 1.54) is 16.1 Å². The molecule has 0 radical (unpaired) electrons. The summed E-state index contributed by atoms with van der Waals surface area (Å²) in [6.07, 6.45) is 4.86. The number of aromatic nitrogens is 3. The van der Waals surface area contributed by atoms with Crippen LogP contribution < -0.4 is 0 Å². The molecule has 0 unspecified atom stereocenters. The molecule has 0 bridgehead atoms. The Labute approximate surface area is 85.1 Å². The molecular weight excluding hydrogens is 198 g/mol. The highest BCUT2D eigenvalue weighted by Crippen LogP contribution is 2.23. The third-order valence-corrected chi connectivity index (χ3v) is 2.56. The number of hydrogen-bond donors (Lipinski definition) is 1. The van der Waals surface area contributed by atoms with Gasteiger partial charge in [-0.15, -0.1) is 11.3 Å². The summed E-state index contributed by atoms with van der Waals surface area (Å²) in [5, 5.41) is 21.4. The zero-order chi connectivity index (χ0) is 9.97. The van der Waals surface area contributed by atoms with Gasteiger partial charge in [-0.3, -0.25) is 0 Å². The van der Waals surface area contributed by atoms with Crippen LogP contribution in [-0.4, -0.2) is 20.1 Å². The Bertz CT molecular complexity index is 444. The van der Waals surface area contributed by atoms with Gasteiger partial charge in [0, 0.05) is 10.8 Å². The monoisotopic (exact) mass is 207 g/mol. The number of rotatable bonds is 2. The number of aliphatic hydroxyl groups excluding tert-OH is 1. The predicted octanol–water partition coefficient (Wildman–Crippen LogP) is 2.25. The fraction of sp³-hybridized carbons (Fsp3) is 0.111. The van der Waals surface area contributed by atoms with Crippen molar-refractivity contribution < 1.29 is 5.11 Å². The average Bonchev–Trinajstić information content (AvgIpc) is 2.85. The number of hydrogen-bond acceptors (Lipinski definition) is 4. The molecule has 0 saturated carbocycles. The minimum Gasteiger partial charge on any atom is -0.508 e. The van der Waals surface area contributed by atoms with Crippen LogP contribution in [0.4, 0.5) is 0 Å². The van der Waals surface area contributed by atoms with Gasteiger partial charge in [-0.2, -0.15) is 15.0 Å². The molecule has 0 aromatic carbocycles. The maximum absolute atomic E-state index is 9.60. The lowest BCUT2D eigenvalue weighted by Gasteiger charge is -2.00. The van der Waals surface area contributed by atoms with Gasteiger partial charge in [-0.25, -0.2) is 0 Å². The maximum atomic E-state index is 9.60. The molecule has 0 amide bonds. The SMILES string of the molecule is CC=C(O)c1cscc1-n1nccn1. The Balaban J connectivity index is 2.50. The molecule has 2 rings (SSSR count). The van der Waals surface area contributed by atoms with E-state index in [4.69, 9.17) is 0 Å². The van der Waals surface area contributed by atoms with Gasteiger partial charge in [0.25, 0.3) is 0 Å². The lowest BCUT2D eigenvalue weighted by Crippen LogP contribution is -1.99. The number of allylic oxidation sites excluding steroid dienone is 1. The largest absolute Gasteiger partial charge is 0.508 e. The molecule has 0 spiro atoms. The Morgan fingerprint density at radius 1 is 1.43 bits per heavy atom. The Hall–Kier alpha value is -1.62. The van der Waals surface area contributed by atoms with Gasteiger partial charge in [0.1, 0.15) is 11.4 Å². The van der Waals surface area contributed by atoms with Crippen molar-refractivity contribution in [2.45, 2.75) is 6.92 Å². The van der Waals surface area contributed by atoms with Crippen LogP contribution in [0, 0.1) is 0 Å². The Morgan fingerprint density at radius 3 is 2.79 bits per heavy atom. The quantitative estimate of drug-likeness (QED) is 0.768. The second-order valence-corrected chi connectivity index (χ2v) is 3.41. The van der Waals surface area contributed by atoms with Gasteiger partial charge in [-0.1, -0.05) is 0 Å². The van der Waals surface area contributed by atoms with Gasteiger partial charge >= 0.3 is 0 Å².